The van der Waals surface area contributed by atoms with Crippen molar-refractivity contribution in [2.24, 2.45) is 5.41 Å². The molecule has 0 saturated carbocycles. The Morgan fingerprint density at radius 3 is 2.30 bits per heavy atom. The molecule has 1 atom stereocenters. The quantitative estimate of drug-likeness (QED) is 0.221. The maximum Gasteiger partial charge on any atom is 0.337 e. The number of hydrogen-bond donors (Lipinski definition) is 2. The van der Waals surface area contributed by atoms with Crippen LogP contribution in [0.15, 0.2) is 48.5 Å². The summed E-state index contributed by atoms with van der Waals surface area (Å²) in [7, 11) is 0. The third-order valence-corrected chi connectivity index (χ3v) is 8.12. The van der Waals surface area contributed by atoms with Crippen molar-refractivity contribution in [3.8, 4) is 16.9 Å². The Bertz CT molecular complexity index is 1410. The van der Waals surface area contributed by atoms with Gasteiger partial charge in [0, 0.05) is 42.9 Å². The van der Waals surface area contributed by atoms with Crippen LogP contribution in [0.1, 0.15) is 83.0 Å². The van der Waals surface area contributed by atoms with Crippen molar-refractivity contribution < 1.29 is 23.8 Å². The minimum atomic E-state index is -1.17. The van der Waals surface area contributed by atoms with Gasteiger partial charge in [-0.1, -0.05) is 45.0 Å². The van der Waals surface area contributed by atoms with Gasteiger partial charge in [0.15, 0.2) is 6.10 Å². The van der Waals surface area contributed by atoms with Gasteiger partial charge in [-0.05, 0) is 87.9 Å². The van der Waals surface area contributed by atoms with Crippen LogP contribution in [0.5, 0.6) is 5.75 Å². The van der Waals surface area contributed by atoms with Crippen LogP contribution in [0.3, 0.4) is 0 Å². The Morgan fingerprint density at radius 1 is 1.09 bits per heavy atom. The van der Waals surface area contributed by atoms with Gasteiger partial charge in [0.2, 0.25) is 0 Å². The van der Waals surface area contributed by atoms with Crippen LogP contribution in [-0.2, 0) is 22.5 Å². The maximum absolute atomic E-state index is 13.3. The van der Waals surface area contributed by atoms with Crippen LogP contribution >= 0.6 is 0 Å². The van der Waals surface area contributed by atoms with E-state index in [-0.39, 0.29) is 11.2 Å². The second kappa shape index (κ2) is 14.1. The highest BCUT2D eigenvalue weighted by atomic mass is 19.1. The monoisotopic (exact) mass is 605 g/mol. The van der Waals surface area contributed by atoms with Gasteiger partial charge < -0.3 is 24.8 Å². The number of pyridine rings is 1. The third-order valence-electron chi connectivity index (χ3n) is 8.12. The van der Waals surface area contributed by atoms with Crippen molar-refractivity contribution in [1.82, 2.24) is 10.3 Å². The number of halogens is 1. The fourth-order valence-electron chi connectivity index (χ4n) is 5.66. The van der Waals surface area contributed by atoms with Gasteiger partial charge in [-0.3, -0.25) is 4.98 Å². The van der Waals surface area contributed by atoms with E-state index in [2.05, 4.69) is 31.0 Å². The van der Waals surface area contributed by atoms with Crippen molar-refractivity contribution in [2.75, 3.05) is 31.1 Å². The molecule has 44 heavy (non-hydrogen) atoms. The summed E-state index contributed by atoms with van der Waals surface area (Å²) in [6.07, 6.45) is 1.48. The number of carbonyl (C=O) groups is 1. The Kier molecular flexibility index (Phi) is 10.7. The van der Waals surface area contributed by atoms with Crippen LogP contribution in [0.25, 0.3) is 11.1 Å². The molecule has 0 spiro atoms. The van der Waals surface area contributed by atoms with Gasteiger partial charge in [-0.25, -0.2) is 9.18 Å². The molecule has 0 radical (unpaired) electrons. The summed E-state index contributed by atoms with van der Waals surface area (Å²) in [5.74, 6) is -0.552. The van der Waals surface area contributed by atoms with E-state index < -0.39 is 17.7 Å². The summed E-state index contributed by atoms with van der Waals surface area (Å²) in [4.78, 5) is 20.2. The van der Waals surface area contributed by atoms with Crippen LogP contribution in [0.4, 0.5) is 10.1 Å². The zero-order valence-corrected chi connectivity index (χ0v) is 27.3. The number of rotatable bonds is 12. The summed E-state index contributed by atoms with van der Waals surface area (Å²) in [6.45, 7) is 17.6. The first-order valence-electron chi connectivity index (χ1n) is 15.7. The average Bonchev–Trinajstić information content (AvgIpc) is 2.96. The van der Waals surface area contributed by atoms with Crippen molar-refractivity contribution in [3.05, 3.63) is 76.9 Å². The number of ether oxygens (including phenoxy) is 2. The van der Waals surface area contributed by atoms with Crippen molar-refractivity contribution in [2.45, 2.75) is 86.0 Å². The van der Waals surface area contributed by atoms with E-state index in [1.54, 1.807) is 12.1 Å². The molecule has 7 nitrogen and oxygen atoms in total. The van der Waals surface area contributed by atoms with Gasteiger partial charge in [-0.15, -0.1) is 0 Å². The fourth-order valence-corrected chi connectivity index (χ4v) is 5.66. The van der Waals surface area contributed by atoms with E-state index in [4.69, 9.17) is 14.5 Å². The van der Waals surface area contributed by atoms with Crippen LogP contribution in [0.2, 0.25) is 0 Å². The molecule has 1 aromatic heterocycles. The molecule has 1 unspecified atom stereocenters. The van der Waals surface area contributed by atoms with Crippen LogP contribution < -0.4 is 15.0 Å². The number of carboxylic acids is 1. The lowest BCUT2D eigenvalue weighted by Crippen LogP contribution is -2.39. The van der Waals surface area contributed by atoms with Gasteiger partial charge >= 0.3 is 5.97 Å². The number of aryl methyl sites for hydroxylation is 1. The molecule has 0 amide bonds. The second-order valence-corrected chi connectivity index (χ2v) is 13.4. The Morgan fingerprint density at radius 2 is 1.73 bits per heavy atom. The molecule has 1 aliphatic heterocycles. The lowest BCUT2D eigenvalue weighted by atomic mass is 9.81. The molecule has 2 heterocycles. The number of hydrogen-bond acceptors (Lipinski definition) is 6. The van der Waals surface area contributed by atoms with Crippen LogP contribution in [0, 0.1) is 18.2 Å². The van der Waals surface area contributed by atoms with Gasteiger partial charge in [-0.2, -0.15) is 0 Å². The van der Waals surface area contributed by atoms with Crippen molar-refractivity contribution >= 4 is 11.7 Å². The van der Waals surface area contributed by atoms with Gasteiger partial charge in [0.1, 0.15) is 11.6 Å². The molecule has 0 aliphatic carbocycles. The number of nitrogens with zero attached hydrogens (tertiary/aromatic N) is 2. The van der Waals surface area contributed by atoms with E-state index in [1.165, 1.54) is 12.1 Å². The fraction of sp³-hybridized carbons (Fsp3) is 0.500. The largest absolute Gasteiger partial charge is 0.493 e. The number of aliphatic carboxylic acids is 1. The van der Waals surface area contributed by atoms with Crippen molar-refractivity contribution in [3.63, 3.8) is 0 Å². The smallest absolute Gasteiger partial charge is 0.337 e. The normalized spacial score (nSPS) is 15.7. The molecule has 4 rings (SSSR count). The molecular formula is C36H48FN3O4. The standard InChI is InChI=1S/C36H48FN3O4/c1-8-38-23-29-31(26-11-15-28(16-12-26)43-22-17-25-9-13-27(37)14-10-25)32(40-20-18-36(6,7)19-21-40)30(24(2)39-29)33(34(41)42)44-35(3,4)5/h9-16,33,38H,8,17-23H2,1-7H3,(H,41,42). The van der Waals surface area contributed by atoms with Crippen molar-refractivity contribution in [1.29, 1.82) is 0 Å². The highest BCUT2D eigenvalue weighted by molar-refractivity contribution is 5.88. The summed E-state index contributed by atoms with van der Waals surface area (Å²) >= 11 is 0. The van der Waals surface area contributed by atoms with Gasteiger partial charge in [0.05, 0.1) is 23.6 Å². The maximum atomic E-state index is 13.3. The molecule has 2 aromatic carbocycles. The zero-order valence-electron chi connectivity index (χ0n) is 27.3. The number of anilines is 1. The molecule has 238 valence electrons. The first kappa shape index (κ1) is 33.4. The third kappa shape index (κ3) is 8.57. The first-order valence-corrected chi connectivity index (χ1v) is 15.7. The summed E-state index contributed by atoms with van der Waals surface area (Å²) in [6, 6.07) is 14.4. The molecule has 1 aliphatic rings. The van der Waals surface area contributed by atoms with Crippen LogP contribution in [-0.4, -0.2) is 47.9 Å². The molecule has 1 saturated heterocycles. The summed E-state index contributed by atoms with van der Waals surface area (Å²) < 4.78 is 25.5. The number of benzene rings is 2. The lowest BCUT2D eigenvalue weighted by Gasteiger charge is -2.41. The first-order chi connectivity index (χ1) is 20.8. The van der Waals surface area contributed by atoms with E-state index >= 15 is 0 Å². The second-order valence-electron chi connectivity index (χ2n) is 13.4. The Balaban J connectivity index is 1.79. The zero-order chi connectivity index (χ0) is 32.1. The molecule has 0 bridgehead atoms. The molecule has 1 fully saturated rings. The highest BCUT2D eigenvalue weighted by Crippen LogP contribution is 2.45. The molecule has 3 aromatic rings. The Labute approximate surface area is 261 Å². The lowest BCUT2D eigenvalue weighted by molar-refractivity contribution is -0.160. The minimum absolute atomic E-state index is 0.215. The summed E-state index contributed by atoms with van der Waals surface area (Å²) in [5.41, 5.74) is 5.46. The number of aromatic nitrogens is 1. The Hall–Kier alpha value is -3.49. The topological polar surface area (TPSA) is 83.9 Å². The molecule has 8 heteroatoms. The number of nitrogens with one attached hydrogen (secondary N) is 1. The van der Waals surface area contributed by atoms with Gasteiger partial charge in [0.25, 0.3) is 0 Å². The summed E-state index contributed by atoms with van der Waals surface area (Å²) in [5, 5.41) is 13.9. The predicted octanol–water partition coefficient (Wildman–Crippen LogP) is 7.49. The number of carboxylic acid groups (broad SMARTS) is 1. The predicted molar refractivity (Wildman–Crippen MR) is 174 cm³/mol. The SMILES string of the molecule is CCNCc1nc(C)c(C(OC(C)(C)C)C(=O)O)c(N2CCC(C)(C)CC2)c1-c1ccc(OCCc2ccc(F)cc2)cc1. The molecular weight excluding hydrogens is 557 g/mol. The van der Waals surface area contributed by atoms with E-state index in [9.17, 15) is 14.3 Å². The van der Waals surface area contributed by atoms with E-state index in [0.717, 1.165) is 66.3 Å². The molecule has 2 N–H and O–H groups in total. The highest BCUT2D eigenvalue weighted by Gasteiger charge is 2.36. The van der Waals surface area contributed by atoms with E-state index in [1.807, 2.05) is 52.0 Å². The average molecular weight is 606 g/mol. The number of piperidine rings is 1. The minimum Gasteiger partial charge on any atom is -0.493 e. The van der Waals surface area contributed by atoms with E-state index in [0.29, 0.717) is 30.8 Å².